The first-order chi connectivity index (χ1) is 14.5. The molecule has 3 aromatic carbocycles. The quantitative estimate of drug-likeness (QED) is 0.437. The molecular formula is C23H22N2O4S. The molecule has 0 aromatic heterocycles. The molecule has 0 fully saturated rings. The van der Waals surface area contributed by atoms with E-state index in [2.05, 4.69) is 10.6 Å². The van der Waals surface area contributed by atoms with Crippen LogP contribution in [-0.2, 0) is 9.53 Å². The second kappa shape index (κ2) is 10.4. The van der Waals surface area contributed by atoms with E-state index in [1.54, 1.807) is 24.3 Å². The van der Waals surface area contributed by atoms with Gasteiger partial charge >= 0.3 is 5.97 Å². The molecular weight excluding hydrogens is 400 g/mol. The summed E-state index contributed by atoms with van der Waals surface area (Å²) in [6, 6.07) is 20.2. The van der Waals surface area contributed by atoms with Crippen molar-refractivity contribution in [1.29, 1.82) is 0 Å². The van der Waals surface area contributed by atoms with Crippen LogP contribution in [0.15, 0.2) is 66.7 Å². The van der Waals surface area contributed by atoms with Crippen molar-refractivity contribution in [3.63, 3.8) is 0 Å². The molecule has 6 nitrogen and oxygen atoms in total. The third-order valence-corrected chi connectivity index (χ3v) is 4.36. The predicted octanol–water partition coefficient (Wildman–Crippen LogP) is 4.30. The number of hydrogen-bond acceptors (Lipinski definition) is 5. The standard InChI is InChI=1S/C23H22N2O4S/c1-2-13-28-22(27)17-7-10-19(11-8-17)24-23(30)25-21(26)15-29-20-12-9-16-5-3-4-6-18(16)14-20/h3-12,14H,2,13,15H2,1H3,(H2,24,25,26,30). The number of esters is 1. The van der Waals surface area contributed by atoms with Crippen molar-refractivity contribution < 1.29 is 19.1 Å². The molecule has 3 rings (SSSR count). The van der Waals surface area contributed by atoms with Crippen LogP contribution in [0.2, 0.25) is 0 Å². The molecule has 30 heavy (non-hydrogen) atoms. The number of benzene rings is 3. The largest absolute Gasteiger partial charge is 0.484 e. The SMILES string of the molecule is CCCOC(=O)c1ccc(NC(=S)NC(=O)COc2ccc3ccccc3c2)cc1. The molecule has 0 aliphatic carbocycles. The van der Waals surface area contributed by atoms with Crippen LogP contribution < -0.4 is 15.4 Å². The molecule has 2 N–H and O–H groups in total. The van der Waals surface area contributed by atoms with Gasteiger partial charge in [0.15, 0.2) is 11.7 Å². The molecule has 0 spiro atoms. The lowest BCUT2D eigenvalue weighted by atomic mass is 10.1. The Labute approximate surface area is 180 Å². The number of rotatable bonds is 7. The Morgan fingerprint density at radius 3 is 2.43 bits per heavy atom. The summed E-state index contributed by atoms with van der Waals surface area (Å²) in [5, 5.41) is 7.74. The first-order valence-corrected chi connectivity index (χ1v) is 9.95. The van der Waals surface area contributed by atoms with Gasteiger partial charge in [-0.2, -0.15) is 0 Å². The molecule has 0 radical (unpaired) electrons. The van der Waals surface area contributed by atoms with Gasteiger partial charge in [-0.1, -0.05) is 37.3 Å². The third-order valence-electron chi connectivity index (χ3n) is 4.16. The van der Waals surface area contributed by atoms with Gasteiger partial charge in [0, 0.05) is 5.69 Å². The summed E-state index contributed by atoms with van der Waals surface area (Å²) in [5.74, 6) is -0.140. The summed E-state index contributed by atoms with van der Waals surface area (Å²) in [4.78, 5) is 23.9. The highest BCUT2D eigenvalue weighted by atomic mass is 32.1. The van der Waals surface area contributed by atoms with Gasteiger partial charge in [0.1, 0.15) is 5.75 Å². The summed E-state index contributed by atoms with van der Waals surface area (Å²) in [6.07, 6.45) is 0.768. The zero-order valence-electron chi connectivity index (χ0n) is 16.5. The van der Waals surface area contributed by atoms with Crippen molar-refractivity contribution in [3.8, 4) is 5.75 Å². The summed E-state index contributed by atoms with van der Waals surface area (Å²) in [7, 11) is 0. The Bertz CT molecular complexity index is 1050. The van der Waals surface area contributed by atoms with Crippen LogP contribution in [0.1, 0.15) is 23.7 Å². The zero-order chi connectivity index (χ0) is 21.3. The highest BCUT2D eigenvalue weighted by molar-refractivity contribution is 7.80. The monoisotopic (exact) mass is 422 g/mol. The lowest BCUT2D eigenvalue weighted by Gasteiger charge is -2.11. The number of carbonyl (C=O) groups excluding carboxylic acids is 2. The van der Waals surface area contributed by atoms with Gasteiger partial charge in [-0.3, -0.25) is 10.1 Å². The van der Waals surface area contributed by atoms with Crippen LogP contribution in [0.5, 0.6) is 5.75 Å². The molecule has 1 amide bonds. The van der Waals surface area contributed by atoms with Crippen LogP contribution in [0, 0.1) is 0 Å². The first-order valence-electron chi connectivity index (χ1n) is 9.55. The van der Waals surface area contributed by atoms with E-state index in [1.165, 1.54) is 0 Å². The summed E-state index contributed by atoms with van der Waals surface area (Å²) >= 11 is 5.16. The maximum absolute atomic E-state index is 12.1. The molecule has 7 heteroatoms. The first kappa shape index (κ1) is 21.3. The molecule has 0 saturated carbocycles. The molecule has 3 aromatic rings. The number of hydrogen-bond donors (Lipinski definition) is 2. The molecule has 0 bridgehead atoms. The number of anilines is 1. The van der Waals surface area contributed by atoms with Gasteiger partial charge in [-0.15, -0.1) is 0 Å². The average Bonchev–Trinajstić information content (AvgIpc) is 2.76. The Balaban J connectivity index is 1.47. The highest BCUT2D eigenvalue weighted by Gasteiger charge is 2.09. The lowest BCUT2D eigenvalue weighted by Crippen LogP contribution is -2.37. The molecule has 0 heterocycles. The van der Waals surface area contributed by atoms with E-state index < -0.39 is 0 Å². The van der Waals surface area contributed by atoms with Crippen molar-refractivity contribution in [2.45, 2.75) is 13.3 Å². The van der Waals surface area contributed by atoms with Gasteiger partial charge in [-0.25, -0.2) is 4.79 Å². The molecule has 0 aliphatic rings. The molecule has 0 saturated heterocycles. The third kappa shape index (κ3) is 6.02. The van der Waals surface area contributed by atoms with Crippen LogP contribution in [0.4, 0.5) is 5.69 Å². The number of amides is 1. The van der Waals surface area contributed by atoms with E-state index in [0.717, 1.165) is 17.2 Å². The minimum absolute atomic E-state index is 0.142. The van der Waals surface area contributed by atoms with Gasteiger partial charge in [0.2, 0.25) is 0 Å². The fourth-order valence-electron chi connectivity index (χ4n) is 2.70. The van der Waals surface area contributed by atoms with Crippen molar-refractivity contribution in [2.75, 3.05) is 18.5 Å². The second-order valence-corrected chi connectivity index (χ2v) is 6.92. The van der Waals surface area contributed by atoms with Crippen LogP contribution in [-0.4, -0.2) is 30.2 Å². The summed E-state index contributed by atoms with van der Waals surface area (Å²) in [6.45, 7) is 2.15. The molecule has 0 atom stereocenters. The normalized spacial score (nSPS) is 10.3. The number of ether oxygens (including phenoxy) is 2. The Morgan fingerprint density at radius 2 is 1.70 bits per heavy atom. The fraction of sp³-hybridized carbons (Fsp3) is 0.174. The summed E-state index contributed by atoms with van der Waals surface area (Å²) < 4.78 is 10.6. The molecule has 0 unspecified atom stereocenters. The number of nitrogens with one attached hydrogen (secondary N) is 2. The highest BCUT2D eigenvalue weighted by Crippen LogP contribution is 2.20. The van der Waals surface area contributed by atoms with Gasteiger partial charge in [-0.05, 0) is 65.8 Å². The average molecular weight is 423 g/mol. The Hall–Kier alpha value is -3.45. The molecule has 154 valence electrons. The van der Waals surface area contributed by atoms with E-state index in [9.17, 15) is 9.59 Å². The minimum Gasteiger partial charge on any atom is -0.484 e. The van der Waals surface area contributed by atoms with Crippen molar-refractivity contribution >= 4 is 45.7 Å². The van der Waals surface area contributed by atoms with Gasteiger partial charge in [0.25, 0.3) is 5.91 Å². The Kier molecular flexibility index (Phi) is 7.34. The Morgan fingerprint density at radius 1 is 0.967 bits per heavy atom. The maximum atomic E-state index is 12.1. The number of fused-ring (bicyclic) bond motifs is 1. The fourth-order valence-corrected chi connectivity index (χ4v) is 2.93. The minimum atomic E-state index is -0.375. The van der Waals surface area contributed by atoms with Gasteiger partial charge in [0.05, 0.1) is 12.2 Å². The van der Waals surface area contributed by atoms with Crippen LogP contribution >= 0.6 is 12.2 Å². The van der Waals surface area contributed by atoms with E-state index in [-0.39, 0.29) is 23.6 Å². The molecule has 0 aliphatic heterocycles. The van der Waals surface area contributed by atoms with E-state index in [1.807, 2.05) is 49.4 Å². The van der Waals surface area contributed by atoms with Crippen molar-refractivity contribution in [1.82, 2.24) is 5.32 Å². The maximum Gasteiger partial charge on any atom is 0.338 e. The van der Waals surface area contributed by atoms with Crippen LogP contribution in [0.25, 0.3) is 10.8 Å². The van der Waals surface area contributed by atoms with E-state index in [0.29, 0.717) is 23.6 Å². The summed E-state index contributed by atoms with van der Waals surface area (Å²) in [5.41, 5.74) is 1.09. The topological polar surface area (TPSA) is 76.7 Å². The lowest BCUT2D eigenvalue weighted by molar-refractivity contribution is -0.121. The van der Waals surface area contributed by atoms with E-state index >= 15 is 0 Å². The van der Waals surface area contributed by atoms with Crippen LogP contribution in [0.3, 0.4) is 0 Å². The van der Waals surface area contributed by atoms with Crippen molar-refractivity contribution in [3.05, 3.63) is 72.3 Å². The van der Waals surface area contributed by atoms with E-state index in [4.69, 9.17) is 21.7 Å². The van der Waals surface area contributed by atoms with Crippen molar-refractivity contribution in [2.24, 2.45) is 0 Å². The van der Waals surface area contributed by atoms with Gasteiger partial charge < -0.3 is 14.8 Å². The second-order valence-electron chi connectivity index (χ2n) is 6.51. The predicted molar refractivity (Wildman–Crippen MR) is 121 cm³/mol. The number of carbonyl (C=O) groups is 2. The zero-order valence-corrected chi connectivity index (χ0v) is 17.3. The number of thiocarbonyl (C=S) groups is 1. The smallest absolute Gasteiger partial charge is 0.338 e.